The monoisotopic (exact) mass is 379 g/mol. The van der Waals surface area contributed by atoms with E-state index >= 15 is 0 Å². The van der Waals surface area contributed by atoms with Gasteiger partial charge in [-0.15, -0.1) is 0 Å². The molecule has 28 heavy (non-hydrogen) atoms. The second-order valence-electron chi connectivity index (χ2n) is 7.28. The van der Waals surface area contributed by atoms with Gasteiger partial charge < -0.3 is 9.38 Å². The minimum Gasteiger partial charge on any atom is -0.310 e. The van der Waals surface area contributed by atoms with Crippen molar-refractivity contribution in [1.29, 1.82) is 0 Å². The molecule has 1 aliphatic rings. The van der Waals surface area contributed by atoms with E-state index in [0.29, 0.717) is 16.9 Å². The smallest absolute Gasteiger partial charge is 0.262 e. The number of fused-ring (bicyclic) bond motifs is 2. The molecule has 2 N–H and O–H groups in total. The van der Waals surface area contributed by atoms with Crippen molar-refractivity contribution < 1.29 is 1.41 Å². The number of nitrogens with one attached hydrogen (secondary N) is 2. The molecule has 0 radical (unpaired) electrons. The number of pyridine rings is 1. The van der Waals surface area contributed by atoms with Crippen LogP contribution < -0.4 is 5.56 Å². The molecule has 7 heteroatoms. The normalized spacial score (nSPS) is 19.2. The van der Waals surface area contributed by atoms with Gasteiger partial charge in [-0.25, -0.2) is 9.97 Å². The predicted octanol–water partition coefficient (Wildman–Crippen LogP) is 3.91. The van der Waals surface area contributed by atoms with E-state index in [0.717, 1.165) is 29.3 Å². The van der Waals surface area contributed by atoms with Crippen molar-refractivity contribution in [3.8, 4) is 0 Å². The number of hydrogen-bond donors (Lipinski definition) is 2. The highest BCUT2D eigenvalue weighted by atomic mass is 16.1. The fourth-order valence-corrected chi connectivity index (χ4v) is 3.91. The number of H-pyrrole nitrogens is 2. The van der Waals surface area contributed by atoms with E-state index in [4.69, 9.17) is 6.40 Å². The minimum atomic E-state index is -0.240. The zero-order valence-electron chi connectivity index (χ0n) is 17.9. The molecule has 4 aromatic rings. The van der Waals surface area contributed by atoms with Crippen LogP contribution in [0.4, 0.5) is 0 Å². The highest BCUT2D eigenvalue weighted by Gasteiger charge is 2.37. The van der Waals surface area contributed by atoms with E-state index in [9.17, 15) is 4.79 Å². The van der Waals surface area contributed by atoms with Crippen molar-refractivity contribution >= 4 is 16.7 Å². The Hall–Kier alpha value is -2.96. The third kappa shape index (κ3) is 2.73. The minimum absolute atomic E-state index is 0.101. The third-order valence-corrected chi connectivity index (χ3v) is 5.87. The van der Waals surface area contributed by atoms with E-state index < -0.39 is 0 Å². The number of rotatable bonds is 2. The average molecular weight is 379 g/mol. The summed E-state index contributed by atoms with van der Waals surface area (Å²) in [4.78, 5) is 24.6. The summed E-state index contributed by atoms with van der Waals surface area (Å²) >= 11 is 0. The Bertz CT molecular complexity index is 1270. The van der Waals surface area contributed by atoms with Crippen LogP contribution in [0, 0.1) is 20.8 Å². The third-order valence-electron chi connectivity index (χ3n) is 5.87. The summed E-state index contributed by atoms with van der Waals surface area (Å²) in [5, 5.41) is 5.07. The summed E-state index contributed by atoms with van der Waals surface area (Å²) in [6.45, 7) is 10.3. The van der Waals surface area contributed by atoms with E-state index in [1.54, 1.807) is 0 Å². The lowest BCUT2D eigenvalue weighted by atomic mass is 9.71. The highest BCUT2D eigenvalue weighted by molar-refractivity contribution is 5.72. The fourth-order valence-electron chi connectivity index (χ4n) is 3.91. The molecular weight excluding hydrogens is 352 g/mol. The zero-order valence-corrected chi connectivity index (χ0v) is 16.9. The molecule has 0 aliphatic heterocycles. The summed E-state index contributed by atoms with van der Waals surface area (Å²) in [7, 11) is 0. The molecule has 1 saturated carbocycles. The van der Waals surface area contributed by atoms with Crippen LogP contribution in [0.25, 0.3) is 16.7 Å². The summed E-state index contributed by atoms with van der Waals surface area (Å²) in [6.07, 6.45) is 7.54. The molecule has 0 unspecified atom stereocenters. The first kappa shape index (κ1) is 17.2. The average Bonchev–Trinajstić information content (AvgIpc) is 3.25. The Morgan fingerprint density at radius 2 is 1.86 bits per heavy atom. The van der Waals surface area contributed by atoms with Crippen molar-refractivity contribution in [2.45, 2.75) is 59.3 Å². The summed E-state index contributed by atoms with van der Waals surface area (Å²) in [6, 6.07) is 0. The molecule has 0 aromatic carbocycles. The maximum Gasteiger partial charge on any atom is 0.262 e. The maximum atomic E-state index is 12.3. The molecule has 1 aliphatic carbocycles. The van der Waals surface area contributed by atoms with Crippen molar-refractivity contribution in [2.24, 2.45) is 0 Å². The lowest BCUT2D eigenvalue weighted by molar-refractivity contribution is 0.327. The van der Waals surface area contributed by atoms with Gasteiger partial charge in [0, 0.05) is 24.2 Å². The van der Waals surface area contributed by atoms with Crippen LogP contribution in [0.2, 0.25) is 1.41 Å². The number of aromatic amines is 2. The van der Waals surface area contributed by atoms with E-state index in [1.165, 1.54) is 22.9 Å². The van der Waals surface area contributed by atoms with E-state index in [1.807, 2.05) is 13.8 Å². The molecule has 4 aromatic heterocycles. The Morgan fingerprint density at radius 3 is 2.57 bits per heavy atom. The molecule has 2 atom stereocenters. The standard InChI is InChI=1S/C19H20N6O.C2H6/c1-9-7-25-8-15(21-18(25)11(3)10(9)2)12-4-5-13(12)16-22-17-14(6-20-24-17)19(26)23-16;1-2/h6-8,12-13H,4-5H2,1-3H3,(H2,20,22,23,24,26);1-2H3/t12-,13-;/m0./s1/i/hD. The van der Waals surface area contributed by atoms with Gasteiger partial charge in [0.2, 0.25) is 0 Å². The van der Waals surface area contributed by atoms with Gasteiger partial charge in [-0.3, -0.25) is 9.89 Å². The Morgan fingerprint density at radius 1 is 1.11 bits per heavy atom. The Labute approximate surface area is 164 Å². The maximum absolute atomic E-state index is 12.3. The zero-order chi connectivity index (χ0) is 20.9. The van der Waals surface area contributed by atoms with E-state index in [2.05, 4.69) is 52.6 Å². The first-order valence-electron chi connectivity index (χ1n) is 10.3. The molecule has 4 heterocycles. The molecule has 0 saturated heterocycles. The van der Waals surface area contributed by atoms with Gasteiger partial charge >= 0.3 is 0 Å². The van der Waals surface area contributed by atoms with Crippen LogP contribution in [0.15, 0.2) is 23.4 Å². The van der Waals surface area contributed by atoms with Gasteiger partial charge in [-0.05, 0) is 50.3 Å². The summed E-state index contributed by atoms with van der Waals surface area (Å²) < 4.78 is 9.88. The van der Waals surface area contributed by atoms with Gasteiger partial charge in [0.25, 0.3) is 5.56 Å². The van der Waals surface area contributed by atoms with Gasteiger partial charge in [0.05, 0.1) is 11.9 Å². The van der Waals surface area contributed by atoms with Crippen molar-refractivity contribution in [1.82, 2.24) is 29.5 Å². The number of aryl methyl sites for hydroxylation is 2. The topological polar surface area (TPSA) is 91.7 Å². The second kappa shape index (κ2) is 6.89. The van der Waals surface area contributed by atoms with Gasteiger partial charge in [-0.2, -0.15) is 5.10 Å². The lowest BCUT2D eigenvalue weighted by Gasteiger charge is -2.34. The van der Waals surface area contributed by atoms with Crippen LogP contribution >= 0.6 is 0 Å². The highest BCUT2D eigenvalue weighted by Crippen LogP contribution is 2.47. The molecule has 0 spiro atoms. The van der Waals surface area contributed by atoms with Crippen molar-refractivity contribution in [2.75, 3.05) is 0 Å². The van der Waals surface area contributed by atoms with Crippen LogP contribution in [0.1, 0.15) is 66.7 Å². The molecule has 5 rings (SSSR count). The van der Waals surface area contributed by atoms with Crippen LogP contribution in [0.5, 0.6) is 0 Å². The first-order valence-corrected chi connectivity index (χ1v) is 9.86. The summed E-state index contributed by atoms with van der Waals surface area (Å²) in [5.74, 6) is 0.941. The predicted molar refractivity (Wildman–Crippen MR) is 110 cm³/mol. The molecule has 1 fully saturated rings. The van der Waals surface area contributed by atoms with Gasteiger partial charge in [0.1, 0.15) is 16.9 Å². The first-order chi connectivity index (χ1) is 13.9. The van der Waals surface area contributed by atoms with Crippen LogP contribution in [0.3, 0.4) is 0 Å². The van der Waals surface area contributed by atoms with Gasteiger partial charge in [0.15, 0.2) is 7.06 Å². The fraction of sp³-hybridized carbons (Fsp3) is 0.429. The number of hydrogen-bond acceptors (Lipinski definition) is 4. The number of aromatic nitrogens is 6. The molecule has 0 bridgehead atoms. The molecule has 7 nitrogen and oxygen atoms in total. The SMILES string of the molecule is CC.[2H]n1ncc2c(=O)[nH]c([C@H]3CC[C@@H]3c3cn4cc(C)c(C)c(C)c4n3)nc21. The number of nitrogens with zero attached hydrogens (tertiary/aromatic N) is 4. The lowest BCUT2D eigenvalue weighted by Crippen LogP contribution is -2.26. The quantitative estimate of drug-likeness (QED) is 0.552. The second-order valence-corrected chi connectivity index (χ2v) is 7.28. The Balaban J connectivity index is 0.000000994. The molecule has 146 valence electrons. The number of imidazole rings is 1. The summed E-state index contributed by atoms with van der Waals surface area (Å²) in [5.41, 5.74) is 5.79. The van der Waals surface area contributed by atoms with Gasteiger partial charge in [-0.1, -0.05) is 13.8 Å². The molecule has 0 amide bonds. The van der Waals surface area contributed by atoms with Crippen molar-refractivity contribution in [3.63, 3.8) is 0 Å². The Kier molecular flexibility index (Phi) is 4.22. The van der Waals surface area contributed by atoms with Crippen molar-refractivity contribution in [3.05, 3.63) is 57.2 Å². The van der Waals surface area contributed by atoms with E-state index in [-0.39, 0.29) is 17.4 Å². The van der Waals surface area contributed by atoms with Crippen LogP contribution in [-0.4, -0.2) is 29.5 Å². The molecular formula is C21H26N6O. The largest absolute Gasteiger partial charge is 0.310 e. The van der Waals surface area contributed by atoms with Crippen LogP contribution in [-0.2, 0) is 0 Å².